The lowest BCUT2D eigenvalue weighted by Crippen LogP contribution is -2.40. The van der Waals surface area contributed by atoms with Gasteiger partial charge in [-0.1, -0.05) is 41.5 Å². The van der Waals surface area contributed by atoms with Crippen LogP contribution in [0, 0.1) is 10.8 Å². The minimum absolute atomic E-state index is 0.138. The van der Waals surface area contributed by atoms with Gasteiger partial charge in [-0.05, 0) is 36.5 Å². The summed E-state index contributed by atoms with van der Waals surface area (Å²) in [6, 6.07) is 0. The summed E-state index contributed by atoms with van der Waals surface area (Å²) in [5.74, 6) is 0. The second-order valence-electron chi connectivity index (χ2n) is 5.08. The van der Waals surface area contributed by atoms with Crippen LogP contribution in [0.5, 0.6) is 0 Å². The highest BCUT2D eigenvalue weighted by molar-refractivity contribution is 4.91. The molecule has 86 valence electrons. The molecule has 1 heteroatoms. The third kappa shape index (κ3) is 2.49. The van der Waals surface area contributed by atoms with Gasteiger partial charge in [0.2, 0.25) is 0 Å². The zero-order valence-electron chi connectivity index (χ0n) is 10.8. The van der Waals surface area contributed by atoms with E-state index in [-0.39, 0.29) is 10.8 Å². The lowest BCUT2D eigenvalue weighted by molar-refractivity contribution is -0.00274. The first kappa shape index (κ1) is 13.9. The van der Waals surface area contributed by atoms with E-state index in [2.05, 4.69) is 41.5 Å². The fourth-order valence-corrected chi connectivity index (χ4v) is 2.06. The molecule has 0 N–H and O–H groups in total. The summed E-state index contributed by atoms with van der Waals surface area (Å²) in [7, 11) is 0. The van der Waals surface area contributed by atoms with Crippen LogP contribution in [0.1, 0.15) is 67.2 Å². The minimum atomic E-state index is -0.681. The van der Waals surface area contributed by atoms with Gasteiger partial charge in [-0.15, -0.1) is 0 Å². The quantitative estimate of drug-likeness (QED) is 0.570. The topological polar surface area (TPSA) is 0 Å². The SMILES string of the molecule is CCC(C)(CC)C(F)C(C)(CC)CC. The summed E-state index contributed by atoms with van der Waals surface area (Å²) in [5.41, 5.74) is -0.276. The van der Waals surface area contributed by atoms with Crippen LogP contribution in [-0.2, 0) is 0 Å². The first-order valence-corrected chi connectivity index (χ1v) is 6.04. The maximum Gasteiger partial charge on any atom is 0.111 e. The fraction of sp³-hybridized carbons (Fsp3) is 1.00. The number of hydrogen-bond acceptors (Lipinski definition) is 0. The molecule has 0 aliphatic rings. The Morgan fingerprint density at radius 1 is 0.786 bits per heavy atom. The molecule has 0 aromatic heterocycles. The average Bonchev–Trinajstić information content (AvgIpc) is 2.25. The zero-order valence-corrected chi connectivity index (χ0v) is 10.8. The second kappa shape index (κ2) is 5.14. The van der Waals surface area contributed by atoms with Crippen molar-refractivity contribution >= 4 is 0 Å². The molecule has 0 spiro atoms. The standard InChI is InChI=1S/C13H27F/c1-7-12(5,8-2)11(14)13(6,9-3)10-4/h11H,7-10H2,1-6H3. The van der Waals surface area contributed by atoms with Gasteiger partial charge in [0, 0.05) is 0 Å². The van der Waals surface area contributed by atoms with Gasteiger partial charge in [0.25, 0.3) is 0 Å². The van der Waals surface area contributed by atoms with Crippen LogP contribution < -0.4 is 0 Å². The molecule has 0 amide bonds. The first-order valence-electron chi connectivity index (χ1n) is 6.04. The summed E-state index contributed by atoms with van der Waals surface area (Å²) in [4.78, 5) is 0. The molecule has 0 aliphatic heterocycles. The number of halogens is 1. The highest BCUT2D eigenvalue weighted by Crippen LogP contribution is 2.45. The first-order chi connectivity index (χ1) is 6.40. The molecule has 14 heavy (non-hydrogen) atoms. The Kier molecular flexibility index (Phi) is 5.11. The molecular weight excluding hydrogens is 175 g/mol. The molecule has 0 fully saturated rings. The van der Waals surface area contributed by atoms with Gasteiger partial charge in [-0.3, -0.25) is 0 Å². The maximum atomic E-state index is 14.5. The highest BCUT2D eigenvalue weighted by Gasteiger charge is 2.42. The van der Waals surface area contributed by atoms with Gasteiger partial charge < -0.3 is 0 Å². The summed E-state index contributed by atoms with van der Waals surface area (Å²) in [6.07, 6.45) is 3.04. The van der Waals surface area contributed by atoms with E-state index >= 15 is 0 Å². The van der Waals surface area contributed by atoms with Crippen LogP contribution in [0.4, 0.5) is 4.39 Å². The summed E-state index contributed by atoms with van der Waals surface area (Å²) in [6.45, 7) is 12.6. The highest BCUT2D eigenvalue weighted by atomic mass is 19.1. The molecule has 0 aromatic carbocycles. The van der Waals surface area contributed by atoms with E-state index in [0.717, 1.165) is 25.7 Å². The number of alkyl halides is 1. The van der Waals surface area contributed by atoms with Gasteiger partial charge in [-0.2, -0.15) is 0 Å². The monoisotopic (exact) mass is 202 g/mol. The Bertz CT molecular complexity index is 137. The van der Waals surface area contributed by atoms with Crippen LogP contribution in [0.25, 0.3) is 0 Å². The molecule has 0 radical (unpaired) electrons. The third-order valence-electron chi connectivity index (χ3n) is 4.45. The normalized spacial score (nSPS) is 13.7. The van der Waals surface area contributed by atoms with Gasteiger partial charge in [0.05, 0.1) is 0 Å². The van der Waals surface area contributed by atoms with Crippen LogP contribution in [0.3, 0.4) is 0 Å². The smallest absolute Gasteiger partial charge is 0.111 e. The van der Waals surface area contributed by atoms with Crippen LogP contribution in [0.15, 0.2) is 0 Å². The fourth-order valence-electron chi connectivity index (χ4n) is 2.06. The molecule has 0 bridgehead atoms. The number of hydrogen-bond donors (Lipinski definition) is 0. The molecule has 0 heterocycles. The Labute approximate surface area is 89.3 Å². The molecule has 0 saturated carbocycles. The van der Waals surface area contributed by atoms with Crippen LogP contribution >= 0.6 is 0 Å². The molecule has 0 nitrogen and oxygen atoms in total. The van der Waals surface area contributed by atoms with E-state index in [1.807, 2.05) is 0 Å². The van der Waals surface area contributed by atoms with E-state index in [0.29, 0.717) is 0 Å². The van der Waals surface area contributed by atoms with Gasteiger partial charge in [-0.25, -0.2) is 4.39 Å². The summed E-state index contributed by atoms with van der Waals surface area (Å²) >= 11 is 0. The van der Waals surface area contributed by atoms with E-state index < -0.39 is 6.17 Å². The van der Waals surface area contributed by atoms with E-state index in [1.54, 1.807) is 0 Å². The Balaban J connectivity index is 4.80. The minimum Gasteiger partial charge on any atom is -0.246 e. The van der Waals surface area contributed by atoms with Crippen molar-refractivity contribution in [2.75, 3.05) is 0 Å². The molecular formula is C13H27F. The third-order valence-corrected chi connectivity index (χ3v) is 4.45. The van der Waals surface area contributed by atoms with Crippen molar-refractivity contribution in [3.8, 4) is 0 Å². The summed E-state index contributed by atoms with van der Waals surface area (Å²) in [5, 5.41) is 0. The van der Waals surface area contributed by atoms with Crippen molar-refractivity contribution < 1.29 is 4.39 Å². The van der Waals surface area contributed by atoms with Crippen molar-refractivity contribution in [2.45, 2.75) is 73.4 Å². The Hall–Kier alpha value is -0.0700. The van der Waals surface area contributed by atoms with E-state index in [9.17, 15) is 4.39 Å². The maximum absolute atomic E-state index is 14.5. The molecule has 0 unspecified atom stereocenters. The second-order valence-corrected chi connectivity index (χ2v) is 5.08. The Morgan fingerprint density at radius 2 is 1.00 bits per heavy atom. The van der Waals surface area contributed by atoms with E-state index in [1.165, 1.54) is 0 Å². The lowest BCUT2D eigenvalue weighted by atomic mass is 9.66. The predicted molar refractivity (Wildman–Crippen MR) is 62.3 cm³/mol. The molecule has 0 atom stereocenters. The summed E-state index contributed by atoms with van der Waals surface area (Å²) < 4.78 is 14.5. The van der Waals surface area contributed by atoms with Crippen molar-refractivity contribution in [3.05, 3.63) is 0 Å². The lowest BCUT2D eigenvalue weighted by Gasteiger charge is -2.42. The van der Waals surface area contributed by atoms with Crippen molar-refractivity contribution in [1.29, 1.82) is 0 Å². The van der Waals surface area contributed by atoms with Crippen molar-refractivity contribution in [1.82, 2.24) is 0 Å². The Morgan fingerprint density at radius 3 is 1.14 bits per heavy atom. The predicted octanol–water partition coefficient (Wildman–Crippen LogP) is 4.98. The molecule has 0 rings (SSSR count). The zero-order chi connectivity index (χ0) is 11.4. The van der Waals surface area contributed by atoms with Crippen LogP contribution in [-0.4, -0.2) is 6.17 Å². The van der Waals surface area contributed by atoms with Gasteiger partial charge >= 0.3 is 0 Å². The van der Waals surface area contributed by atoms with Crippen molar-refractivity contribution in [3.63, 3.8) is 0 Å². The van der Waals surface area contributed by atoms with Crippen molar-refractivity contribution in [2.24, 2.45) is 10.8 Å². The number of rotatable bonds is 6. The van der Waals surface area contributed by atoms with E-state index in [4.69, 9.17) is 0 Å². The average molecular weight is 202 g/mol. The van der Waals surface area contributed by atoms with Gasteiger partial charge in [0.15, 0.2) is 0 Å². The van der Waals surface area contributed by atoms with Crippen LogP contribution in [0.2, 0.25) is 0 Å². The molecule has 0 aromatic rings. The molecule has 0 aliphatic carbocycles. The largest absolute Gasteiger partial charge is 0.246 e. The molecule has 0 saturated heterocycles. The van der Waals surface area contributed by atoms with Gasteiger partial charge in [0.1, 0.15) is 6.17 Å².